The third kappa shape index (κ3) is 2.19. The summed E-state index contributed by atoms with van der Waals surface area (Å²) in [6, 6.07) is 5.31. The van der Waals surface area contributed by atoms with Gasteiger partial charge in [-0.05, 0) is 24.3 Å². The van der Waals surface area contributed by atoms with E-state index in [2.05, 4.69) is 10.5 Å². The van der Waals surface area contributed by atoms with E-state index >= 15 is 0 Å². The number of aromatic nitrogens is 1. The summed E-state index contributed by atoms with van der Waals surface area (Å²) in [5.41, 5.74) is 2.70. The van der Waals surface area contributed by atoms with E-state index in [-0.39, 0.29) is 0 Å². The lowest BCUT2D eigenvalue weighted by molar-refractivity contribution is -0.0895. The van der Waals surface area contributed by atoms with Crippen LogP contribution < -0.4 is 10.5 Å². The molecule has 0 atom stereocenters. The van der Waals surface area contributed by atoms with Gasteiger partial charge in [0.1, 0.15) is 5.82 Å². The topological polar surface area (TPSA) is 31.4 Å². The number of rotatable bonds is 1. The molecule has 7 heteroatoms. The molecule has 0 saturated carbocycles. The maximum Gasteiger partial charge on any atom is 0.417 e. The average Bonchev–Trinajstić information content (AvgIpc) is 2.81. The standard InChI is InChI=1S/C12H9F3N4/c13-12(14,15)9-4-5-10-8-19(17-18(10)7-9)11-3-1-2-6-16-11/h1-8,17H. The van der Waals surface area contributed by atoms with E-state index in [9.17, 15) is 13.2 Å². The minimum Gasteiger partial charge on any atom is -0.264 e. The van der Waals surface area contributed by atoms with Crippen LogP contribution in [-0.4, -0.2) is 16.2 Å². The number of halogens is 3. The van der Waals surface area contributed by atoms with Gasteiger partial charge < -0.3 is 0 Å². The summed E-state index contributed by atoms with van der Waals surface area (Å²) in [5.74, 6) is 0.597. The lowest BCUT2D eigenvalue weighted by Crippen LogP contribution is -2.39. The zero-order valence-electron chi connectivity index (χ0n) is 9.59. The van der Waals surface area contributed by atoms with E-state index in [4.69, 9.17) is 0 Å². The summed E-state index contributed by atoms with van der Waals surface area (Å²) in [7, 11) is 0. The van der Waals surface area contributed by atoms with Crippen molar-refractivity contribution in [3.05, 3.63) is 60.2 Å². The first-order valence-electron chi connectivity index (χ1n) is 5.49. The Balaban J connectivity index is 1.85. The van der Waals surface area contributed by atoms with Gasteiger partial charge in [-0.1, -0.05) is 6.07 Å². The molecule has 3 heterocycles. The highest BCUT2D eigenvalue weighted by Gasteiger charge is 2.35. The molecule has 1 N–H and O–H groups in total. The van der Waals surface area contributed by atoms with E-state index in [1.54, 1.807) is 35.6 Å². The summed E-state index contributed by atoms with van der Waals surface area (Å²) in [6.07, 6.45) is 2.38. The van der Waals surface area contributed by atoms with Crippen LogP contribution in [0.25, 0.3) is 0 Å². The van der Waals surface area contributed by atoms with Gasteiger partial charge >= 0.3 is 6.18 Å². The third-order valence-corrected chi connectivity index (χ3v) is 2.68. The molecule has 0 amide bonds. The van der Waals surface area contributed by atoms with Crippen molar-refractivity contribution in [1.29, 1.82) is 0 Å². The van der Waals surface area contributed by atoms with E-state index in [1.807, 2.05) is 0 Å². The number of hydrogen-bond acceptors (Lipinski definition) is 4. The summed E-state index contributed by atoms with van der Waals surface area (Å²) < 4.78 is 37.8. The molecule has 98 valence electrons. The molecule has 0 aliphatic carbocycles. The van der Waals surface area contributed by atoms with Gasteiger partial charge in [0.15, 0.2) is 0 Å². The summed E-state index contributed by atoms with van der Waals surface area (Å²) in [6.45, 7) is 0. The first-order chi connectivity index (χ1) is 9.04. The molecule has 0 fully saturated rings. The Bertz CT molecular complexity index is 574. The van der Waals surface area contributed by atoms with E-state index in [1.165, 1.54) is 11.1 Å². The fraction of sp³-hybridized carbons (Fsp3) is 0.0833. The fourth-order valence-electron chi connectivity index (χ4n) is 1.76. The van der Waals surface area contributed by atoms with Crippen molar-refractivity contribution >= 4 is 5.82 Å². The van der Waals surface area contributed by atoms with Crippen molar-refractivity contribution in [2.45, 2.75) is 6.18 Å². The molecule has 0 unspecified atom stereocenters. The number of hydrogen-bond donors (Lipinski definition) is 1. The molecular formula is C12H9F3N4. The number of anilines is 1. The number of pyridine rings is 1. The smallest absolute Gasteiger partial charge is 0.264 e. The second-order valence-corrected chi connectivity index (χ2v) is 4.00. The molecule has 4 nitrogen and oxygen atoms in total. The molecule has 3 rings (SSSR count). The number of nitrogens with one attached hydrogen (secondary N) is 1. The van der Waals surface area contributed by atoms with Crippen LogP contribution in [0.2, 0.25) is 0 Å². The van der Waals surface area contributed by atoms with Gasteiger partial charge in [-0.3, -0.25) is 5.01 Å². The molecule has 19 heavy (non-hydrogen) atoms. The predicted molar refractivity (Wildman–Crippen MR) is 63.1 cm³/mol. The lowest BCUT2D eigenvalue weighted by Gasteiger charge is -2.23. The average molecular weight is 266 g/mol. The highest BCUT2D eigenvalue weighted by molar-refractivity contribution is 5.47. The molecule has 0 spiro atoms. The van der Waals surface area contributed by atoms with Crippen LogP contribution in [0.3, 0.4) is 0 Å². The zero-order valence-corrected chi connectivity index (χ0v) is 9.59. The van der Waals surface area contributed by atoms with Gasteiger partial charge in [-0.15, -0.1) is 5.53 Å². The number of fused-ring (bicyclic) bond motifs is 1. The predicted octanol–water partition coefficient (Wildman–Crippen LogP) is 2.48. The van der Waals surface area contributed by atoms with Gasteiger partial charge in [0.05, 0.1) is 17.5 Å². The van der Waals surface area contributed by atoms with Gasteiger partial charge in [0.25, 0.3) is 0 Å². The second kappa shape index (κ2) is 4.13. The van der Waals surface area contributed by atoms with Crippen molar-refractivity contribution in [3.8, 4) is 0 Å². The van der Waals surface area contributed by atoms with E-state index in [0.717, 1.165) is 12.3 Å². The molecule has 0 aromatic carbocycles. The number of alkyl halides is 3. The normalized spacial score (nSPS) is 18.3. The molecule has 2 aliphatic rings. The van der Waals surface area contributed by atoms with Crippen LogP contribution >= 0.6 is 0 Å². The molecule has 2 aliphatic heterocycles. The highest BCUT2D eigenvalue weighted by Crippen LogP contribution is 2.32. The monoisotopic (exact) mass is 266 g/mol. The van der Waals surface area contributed by atoms with Crippen molar-refractivity contribution in [1.82, 2.24) is 15.5 Å². The minimum atomic E-state index is -4.36. The first kappa shape index (κ1) is 11.8. The van der Waals surface area contributed by atoms with Crippen molar-refractivity contribution in [3.63, 3.8) is 0 Å². The van der Waals surface area contributed by atoms with Crippen LogP contribution in [-0.2, 0) is 0 Å². The van der Waals surface area contributed by atoms with Gasteiger partial charge in [-0.2, -0.15) is 13.2 Å². The van der Waals surface area contributed by atoms with E-state index < -0.39 is 11.7 Å². The Morgan fingerprint density at radius 3 is 2.58 bits per heavy atom. The molecular weight excluding hydrogens is 257 g/mol. The summed E-state index contributed by atoms with van der Waals surface area (Å²) in [5, 5.41) is 2.85. The molecule has 0 radical (unpaired) electrons. The maximum absolute atomic E-state index is 12.6. The van der Waals surface area contributed by atoms with Crippen molar-refractivity contribution < 1.29 is 13.2 Å². The SMILES string of the molecule is FC(F)(F)C1=CN2NN(c3ccccn3)C=C2C=C1. The quantitative estimate of drug-likeness (QED) is 0.846. The van der Waals surface area contributed by atoms with Gasteiger partial charge in [0, 0.05) is 12.4 Å². The summed E-state index contributed by atoms with van der Waals surface area (Å²) in [4.78, 5) is 4.11. The Morgan fingerprint density at radius 1 is 1.05 bits per heavy atom. The zero-order chi connectivity index (χ0) is 13.5. The summed E-state index contributed by atoms with van der Waals surface area (Å²) >= 11 is 0. The molecule has 1 aromatic heterocycles. The van der Waals surface area contributed by atoms with Crippen LogP contribution in [0.15, 0.2) is 60.2 Å². The number of allylic oxidation sites excluding steroid dienone is 3. The molecule has 0 saturated heterocycles. The van der Waals surface area contributed by atoms with Crippen LogP contribution in [0.1, 0.15) is 0 Å². The Morgan fingerprint density at radius 2 is 1.89 bits per heavy atom. The highest BCUT2D eigenvalue weighted by atomic mass is 19.4. The molecule has 0 bridgehead atoms. The maximum atomic E-state index is 12.6. The minimum absolute atomic E-state index is 0.597. The van der Waals surface area contributed by atoms with Crippen molar-refractivity contribution in [2.75, 3.05) is 5.01 Å². The Labute approximate surface area is 107 Å². The first-order valence-corrected chi connectivity index (χ1v) is 5.49. The van der Waals surface area contributed by atoms with Gasteiger partial charge in [0.2, 0.25) is 0 Å². The fourth-order valence-corrected chi connectivity index (χ4v) is 1.76. The largest absolute Gasteiger partial charge is 0.417 e. The Kier molecular flexibility index (Phi) is 2.56. The lowest BCUT2D eigenvalue weighted by atomic mass is 10.2. The van der Waals surface area contributed by atoms with Gasteiger partial charge in [-0.25, -0.2) is 9.99 Å². The number of hydrazine groups is 2. The van der Waals surface area contributed by atoms with Crippen molar-refractivity contribution in [2.24, 2.45) is 0 Å². The van der Waals surface area contributed by atoms with E-state index in [0.29, 0.717) is 11.5 Å². The molecule has 1 aromatic rings. The number of nitrogens with zero attached hydrogens (tertiary/aromatic N) is 3. The van der Waals surface area contributed by atoms with Crippen LogP contribution in [0.4, 0.5) is 19.0 Å². The Hall–Kier alpha value is -2.28. The van der Waals surface area contributed by atoms with Crippen LogP contribution in [0.5, 0.6) is 0 Å². The van der Waals surface area contributed by atoms with Crippen LogP contribution in [0, 0.1) is 0 Å². The second-order valence-electron chi connectivity index (χ2n) is 4.00. The third-order valence-electron chi connectivity index (χ3n) is 2.68.